The number of carbonyl (C=O) groups excluding carboxylic acids is 1. The van der Waals surface area contributed by atoms with E-state index in [2.05, 4.69) is 19.1 Å². The van der Waals surface area contributed by atoms with Gasteiger partial charge < -0.3 is 14.4 Å². The summed E-state index contributed by atoms with van der Waals surface area (Å²) in [6.45, 7) is 4.31. The van der Waals surface area contributed by atoms with Crippen molar-refractivity contribution in [2.24, 2.45) is 0 Å². The minimum Gasteiger partial charge on any atom is -0.382 e. The van der Waals surface area contributed by atoms with Gasteiger partial charge in [0.25, 0.3) is 0 Å². The molecule has 0 aliphatic rings. The van der Waals surface area contributed by atoms with Crippen molar-refractivity contribution in [3.8, 4) is 0 Å². The van der Waals surface area contributed by atoms with Crippen molar-refractivity contribution < 1.29 is 14.3 Å². The molecule has 2 atom stereocenters. The van der Waals surface area contributed by atoms with E-state index in [0.717, 1.165) is 6.42 Å². The lowest BCUT2D eigenvalue weighted by Crippen LogP contribution is -2.46. The molecule has 0 aromatic heterocycles. The summed E-state index contributed by atoms with van der Waals surface area (Å²) in [6, 6.07) is -0.0916. The second-order valence-corrected chi connectivity index (χ2v) is 7.61. The molecule has 0 heterocycles. The van der Waals surface area contributed by atoms with Crippen LogP contribution in [0.4, 0.5) is 0 Å². The molecule has 4 heteroatoms. The van der Waals surface area contributed by atoms with Gasteiger partial charge in [0.15, 0.2) is 0 Å². The number of nitrogens with zero attached hydrogens (tertiary/aromatic N) is 1. The van der Waals surface area contributed by atoms with Crippen molar-refractivity contribution >= 4 is 5.91 Å². The molecule has 0 saturated carbocycles. The second kappa shape index (κ2) is 18.5. The molecular formula is C23H45NO3. The Morgan fingerprint density at radius 1 is 0.926 bits per heavy atom. The zero-order chi connectivity index (χ0) is 20.3. The number of amides is 1. The average Bonchev–Trinajstić information content (AvgIpc) is 2.66. The van der Waals surface area contributed by atoms with Gasteiger partial charge in [-0.1, -0.05) is 83.3 Å². The number of rotatable bonds is 18. The number of hydrogen-bond acceptors (Lipinski definition) is 3. The van der Waals surface area contributed by atoms with Crippen LogP contribution in [0.1, 0.15) is 90.9 Å². The van der Waals surface area contributed by atoms with E-state index in [1.165, 1.54) is 70.6 Å². The molecule has 0 saturated heterocycles. The van der Waals surface area contributed by atoms with Gasteiger partial charge in [0, 0.05) is 28.2 Å². The maximum absolute atomic E-state index is 11.7. The van der Waals surface area contributed by atoms with E-state index >= 15 is 0 Å². The van der Waals surface area contributed by atoms with Crippen LogP contribution in [0.5, 0.6) is 0 Å². The zero-order valence-corrected chi connectivity index (χ0v) is 18.7. The zero-order valence-electron chi connectivity index (χ0n) is 18.7. The molecule has 0 radical (unpaired) electrons. The van der Waals surface area contributed by atoms with Crippen molar-refractivity contribution in [1.82, 2.24) is 4.90 Å². The first-order valence-electron chi connectivity index (χ1n) is 11.0. The Kier molecular flexibility index (Phi) is 17.9. The lowest BCUT2D eigenvalue weighted by molar-refractivity contribution is -0.133. The standard InChI is InChI=1S/C23H45NO3/c1-6-7-8-9-10-11-12-13-14-15-16-17-18-19-23(27-5)22(20-26-4)24(3)21(2)25/h18-19,22-23H,6-17,20H2,1-5H3/b19-18+/t22-,23+/m0/s1. The predicted molar refractivity (Wildman–Crippen MR) is 115 cm³/mol. The number of carbonyl (C=O) groups is 1. The molecule has 0 aromatic rings. The predicted octanol–water partition coefficient (Wildman–Crippen LogP) is 5.75. The van der Waals surface area contributed by atoms with Gasteiger partial charge in [-0.05, 0) is 12.8 Å². The quantitative estimate of drug-likeness (QED) is 0.223. The summed E-state index contributed by atoms with van der Waals surface area (Å²) in [7, 11) is 5.15. The highest BCUT2D eigenvalue weighted by Gasteiger charge is 2.24. The van der Waals surface area contributed by atoms with Gasteiger partial charge in [0.1, 0.15) is 0 Å². The average molecular weight is 384 g/mol. The fourth-order valence-corrected chi connectivity index (χ4v) is 3.35. The maximum Gasteiger partial charge on any atom is 0.219 e. The Bertz CT molecular complexity index is 371. The second-order valence-electron chi connectivity index (χ2n) is 7.61. The van der Waals surface area contributed by atoms with E-state index in [1.54, 1.807) is 33.1 Å². The molecule has 0 N–H and O–H groups in total. The number of hydrogen-bond donors (Lipinski definition) is 0. The maximum atomic E-state index is 11.7. The van der Waals surface area contributed by atoms with Crippen molar-refractivity contribution in [2.45, 2.75) is 103 Å². The highest BCUT2D eigenvalue weighted by Crippen LogP contribution is 2.13. The molecule has 0 unspecified atom stereocenters. The van der Waals surface area contributed by atoms with Crippen molar-refractivity contribution in [2.75, 3.05) is 27.9 Å². The van der Waals surface area contributed by atoms with Crippen LogP contribution in [-0.4, -0.2) is 50.8 Å². The first kappa shape index (κ1) is 26.1. The van der Waals surface area contributed by atoms with Gasteiger partial charge in [0.2, 0.25) is 5.91 Å². The molecule has 0 bridgehead atoms. The first-order chi connectivity index (χ1) is 13.1. The Morgan fingerprint density at radius 3 is 1.89 bits per heavy atom. The van der Waals surface area contributed by atoms with Gasteiger partial charge in [-0.3, -0.25) is 4.79 Å². The fourth-order valence-electron chi connectivity index (χ4n) is 3.35. The normalized spacial score (nSPS) is 13.8. The molecule has 160 valence electrons. The Labute approximate surface area is 168 Å². The summed E-state index contributed by atoms with van der Waals surface area (Å²) >= 11 is 0. The SMILES string of the molecule is CCCCCCCCCCCCC/C=C/[C@@H](OC)[C@H](COC)N(C)C(C)=O. The third-order valence-electron chi connectivity index (χ3n) is 5.28. The van der Waals surface area contributed by atoms with Crippen LogP contribution in [0, 0.1) is 0 Å². The van der Waals surface area contributed by atoms with E-state index in [4.69, 9.17) is 9.47 Å². The highest BCUT2D eigenvalue weighted by atomic mass is 16.5. The van der Waals surface area contributed by atoms with Gasteiger partial charge >= 0.3 is 0 Å². The Morgan fingerprint density at radius 2 is 1.44 bits per heavy atom. The Hall–Kier alpha value is -0.870. The monoisotopic (exact) mass is 383 g/mol. The number of allylic oxidation sites excluding steroid dienone is 1. The molecule has 0 fully saturated rings. The minimum absolute atomic E-state index is 0.0258. The van der Waals surface area contributed by atoms with E-state index < -0.39 is 0 Å². The van der Waals surface area contributed by atoms with Gasteiger partial charge in [-0.15, -0.1) is 0 Å². The van der Waals surface area contributed by atoms with Crippen molar-refractivity contribution in [3.63, 3.8) is 0 Å². The summed E-state index contributed by atoms with van der Waals surface area (Å²) < 4.78 is 10.9. The minimum atomic E-state index is -0.133. The summed E-state index contributed by atoms with van der Waals surface area (Å²) in [6.07, 6.45) is 20.2. The van der Waals surface area contributed by atoms with Gasteiger partial charge in [0.05, 0.1) is 18.8 Å². The Balaban J connectivity index is 3.87. The molecule has 0 aliphatic carbocycles. The molecule has 0 aromatic carbocycles. The van der Waals surface area contributed by atoms with Crippen molar-refractivity contribution in [1.29, 1.82) is 0 Å². The third-order valence-corrected chi connectivity index (χ3v) is 5.28. The summed E-state index contributed by atoms with van der Waals surface area (Å²) in [4.78, 5) is 13.4. The highest BCUT2D eigenvalue weighted by molar-refractivity contribution is 5.73. The largest absolute Gasteiger partial charge is 0.382 e. The topological polar surface area (TPSA) is 38.8 Å². The van der Waals surface area contributed by atoms with Gasteiger partial charge in [-0.25, -0.2) is 0 Å². The molecule has 27 heavy (non-hydrogen) atoms. The molecule has 0 spiro atoms. The van der Waals surface area contributed by atoms with E-state index in [1.807, 2.05) is 0 Å². The van der Waals surface area contributed by atoms with Crippen LogP contribution in [0.25, 0.3) is 0 Å². The number of unbranched alkanes of at least 4 members (excludes halogenated alkanes) is 11. The first-order valence-corrected chi connectivity index (χ1v) is 11.0. The molecule has 4 nitrogen and oxygen atoms in total. The van der Waals surface area contributed by atoms with Crippen LogP contribution in [-0.2, 0) is 14.3 Å². The van der Waals surface area contributed by atoms with E-state index in [9.17, 15) is 4.79 Å². The summed E-state index contributed by atoms with van der Waals surface area (Å²) in [5, 5.41) is 0. The summed E-state index contributed by atoms with van der Waals surface area (Å²) in [5.74, 6) is 0.0258. The van der Waals surface area contributed by atoms with Crippen LogP contribution in [0.15, 0.2) is 12.2 Å². The summed E-state index contributed by atoms with van der Waals surface area (Å²) in [5.41, 5.74) is 0. The lowest BCUT2D eigenvalue weighted by atomic mass is 10.0. The molecular weight excluding hydrogens is 338 g/mol. The van der Waals surface area contributed by atoms with E-state index in [0.29, 0.717) is 6.61 Å². The van der Waals surface area contributed by atoms with Crippen LogP contribution in [0.3, 0.4) is 0 Å². The number of likely N-dealkylation sites (N-methyl/N-ethyl adjacent to an activating group) is 1. The van der Waals surface area contributed by atoms with Crippen LogP contribution >= 0.6 is 0 Å². The third kappa shape index (κ3) is 13.9. The van der Waals surface area contributed by atoms with Crippen LogP contribution < -0.4 is 0 Å². The number of ether oxygens (including phenoxy) is 2. The molecule has 0 aliphatic heterocycles. The van der Waals surface area contributed by atoms with Crippen molar-refractivity contribution in [3.05, 3.63) is 12.2 Å². The smallest absolute Gasteiger partial charge is 0.219 e. The molecule has 0 rings (SSSR count). The number of methoxy groups -OCH3 is 2. The van der Waals surface area contributed by atoms with E-state index in [-0.39, 0.29) is 18.1 Å². The van der Waals surface area contributed by atoms with Crippen LogP contribution in [0.2, 0.25) is 0 Å². The van der Waals surface area contributed by atoms with Gasteiger partial charge in [-0.2, -0.15) is 0 Å². The molecule has 1 amide bonds. The fraction of sp³-hybridized carbons (Fsp3) is 0.870. The lowest BCUT2D eigenvalue weighted by Gasteiger charge is -2.31.